The van der Waals surface area contributed by atoms with Gasteiger partial charge in [-0.2, -0.15) is 4.98 Å². The van der Waals surface area contributed by atoms with Crippen LogP contribution in [0.4, 0.5) is 0 Å². The summed E-state index contributed by atoms with van der Waals surface area (Å²) in [5.41, 5.74) is 5.69. The van der Waals surface area contributed by atoms with Crippen molar-refractivity contribution < 1.29 is 4.52 Å². The summed E-state index contributed by atoms with van der Waals surface area (Å²) in [5.74, 6) is 3.74. The van der Waals surface area contributed by atoms with Crippen molar-refractivity contribution >= 4 is 5.71 Å². The first kappa shape index (κ1) is 17.1. The second-order valence-corrected chi connectivity index (χ2v) is 6.54. The molecule has 1 aromatic carbocycles. The van der Waals surface area contributed by atoms with E-state index in [1.54, 1.807) is 12.5 Å². The number of fused-ring (bicyclic) bond motifs is 3. The molecule has 0 spiro atoms. The number of benzene rings is 1. The van der Waals surface area contributed by atoms with E-state index < -0.39 is 0 Å². The first-order chi connectivity index (χ1) is 14.3. The van der Waals surface area contributed by atoms with Gasteiger partial charge in [0.05, 0.1) is 29.3 Å². The number of aryl methyl sites for hydroxylation is 1. The lowest BCUT2D eigenvalue weighted by molar-refractivity contribution is 0.422. The van der Waals surface area contributed by atoms with Crippen molar-refractivity contribution in [3.05, 3.63) is 77.3 Å². The number of imidazole rings is 1. The average molecular weight is 380 g/mol. The maximum absolute atomic E-state index is 5.64. The molecule has 0 aliphatic carbocycles. The van der Waals surface area contributed by atoms with Crippen LogP contribution in [0, 0.1) is 12.3 Å². The van der Waals surface area contributed by atoms with Gasteiger partial charge in [0.1, 0.15) is 6.33 Å². The molecule has 0 atom stereocenters. The molecule has 1 aliphatic rings. The summed E-state index contributed by atoms with van der Waals surface area (Å²) in [6, 6.07) is 11.6. The summed E-state index contributed by atoms with van der Waals surface area (Å²) in [7, 11) is 0. The van der Waals surface area contributed by atoms with E-state index in [9.17, 15) is 0 Å². The summed E-state index contributed by atoms with van der Waals surface area (Å²) in [5, 5.41) is 3.99. The Morgan fingerprint density at radius 1 is 1.21 bits per heavy atom. The molecule has 7 heteroatoms. The van der Waals surface area contributed by atoms with Gasteiger partial charge in [-0.3, -0.25) is 14.5 Å². The molecule has 3 aromatic heterocycles. The van der Waals surface area contributed by atoms with Gasteiger partial charge in [0.2, 0.25) is 0 Å². The summed E-state index contributed by atoms with van der Waals surface area (Å²) < 4.78 is 7.42. The summed E-state index contributed by atoms with van der Waals surface area (Å²) in [6.45, 7) is 2.37. The molecule has 0 bridgehead atoms. The van der Waals surface area contributed by atoms with E-state index in [2.05, 4.69) is 26.0 Å². The van der Waals surface area contributed by atoms with Crippen molar-refractivity contribution in [3.8, 4) is 29.6 Å². The Hall–Kier alpha value is -4.05. The van der Waals surface area contributed by atoms with Crippen LogP contribution in [0.2, 0.25) is 0 Å². The van der Waals surface area contributed by atoms with Gasteiger partial charge in [0, 0.05) is 23.7 Å². The predicted octanol–water partition coefficient (Wildman–Crippen LogP) is 3.21. The topological polar surface area (TPSA) is 82.0 Å². The fourth-order valence-corrected chi connectivity index (χ4v) is 3.39. The fraction of sp³-hybridized carbons (Fsp3) is 0.136. The maximum Gasteiger partial charge on any atom is 0.278 e. The van der Waals surface area contributed by atoms with Crippen LogP contribution in [-0.4, -0.2) is 30.4 Å². The summed E-state index contributed by atoms with van der Waals surface area (Å²) >= 11 is 0. The average Bonchev–Trinajstić information content (AvgIpc) is 3.38. The highest BCUT2D eigenvalue weighted by molar-refractivity contribution is 6.14. The molecule has 7 nitrogen and oxygen atoms in total. The quantitative estimate of drug-likeness (QED) is 0.510. The zero-order valence-corrected chi connectivity index (χ0v) is 15.7. The summed E-state index contributed by atoms with van der Waals surface area (Å²) in [4.78, 5) is 18.3. The molecule has 0 saturated carbocycles. The van der Waals surface area contributed by atoms with Crippen molar-refractivity contribution in [2.45, 2.75) is 19.9 Å². The van der Waals surface area contributed by atoms with E-state index in [0.29, 0.717) is 30.4 Å². The monoisotopic (exact) mass is 380 g/mol. The number of rotatable bonds is 3. The van der Waals surface area contributed by atoms with Crippen LogP contribution in [0.1, 0.15) is 35.3 Å². The van der Waals surface area contributed by atoms with Crippen LogP contribution in [0.5, 0.6) is 0 Å². The standard InChI is InChI=1S/C22H16N6O/c1-3-14-8-9-17-15(11-14)20(16-7-5-6-10-23-16)24-12-18-21(25-13-28(17)18)22-26-19(4-2)27-29-22/h1,5-11,13H,4,12H2,2H3. The minimum Gasteiger partial charge on any atom is -0.332 e. The molecule has 0 radical (unpaired) electrons. The number of aliphatic imine (C=N–C) groups is 1. The highest BCUT2D eigenvalue weighted by atomic mass is 16.5. The molecule has 140 valence electrons. The van der Waals surface area contributed by atoms with Crippen molar-refractivity contribution in [2.75, 3.05) is 0 Å². The lowest BCUT2D eigenvalue weighted by Crippen LogP contribution is -2.08. The molecule has 0 unspecified atom stereocenters. The smallest absolute Gasteiger partial charge is 0.278 e. The zero-order valence-electron chi connectivity index (χ0n) is 15.7. The van der Waals surface area contributed by atoms with Gasteiger partial charge in [0.25, 0.3) is 5.89 Å². The highest BCUT2D eigenvalue weighted by Crippen LogP contribution is 2.30. The molecular weight excluding hydrogens is 364 g/mol. The van der Waals surface area contributed by atoms with Crippen LogP contribution in [0.3, 0.4) is 0 Å². The molecule has 1 aliphatic heterocycles. The molecule has 0 amide bonds. The molecule has 0 N–H and O–H groups in total. The second kappa shape index (κ2) is 6.84. The lowest BCUT2D eigenvalue weighted by Gasteiger charge is -2.11. The van der Waals surface area contributed by atoms with Gasteiger partial charge in [0.15, 0.2) is 11.5 Å². The van der Waals surface area contributed by atoms with Gasteiger partial charge < -0.3 is 4.52 Å². The predicted molar refractivity (Wildman–Crippen MR) is 108 cm³/mol. The third-order valence-corrected chi connectivity index (χ3v) is 4.83. The Balaban J connectivity index is 1.73. The third-order valence-electron chi connectivity index (χ3n) is 4.83. The molecule has 5 rings (SSSR count). The highest BCUT2D eigenvalue weighted by Gasteiger charge is 2.25. The summed E-state index contributed by atoms with van der Waals surface area (Å²) in [6.07, 6.45) is 9.85. The first-order valence-corrected chi connectivity index (χ1v) is 9.25. The SMILES string of the molecule is C#Cc1ccc2c(c1)C(c1ccccn1)=NCc1c(-c3nc(CC)no3)ncn1-2. The minimum atomic E-state index is 0.394. The number of aromatic nitrogens is 5. The number of nitrogens with zero attached hydrogens (tertiary/aromatic N) is 6. The van der Waals surface area contributed by atoms with E-state index in [4.69, 9.17) is 15.9 Å². The Bertz CT molecular complexity index is 1280. The second-order valence-electron chi connectivity index (χ2n) is 6.54. The van der Waals surface area contributed by atoms with Gasteiger partial charge in [-0.05, 0) is 30.3 Å². The molecule has 29 heavy (non-hydrogen) atoms. The fourth-order valence-electron chi connectivity index (χ4n) is 3.39. The minimum absolute atomic E-state index is 0.394. The maximum atomic E-state index is 5.64. The van der Waals surface area contributed by atoms with Gasteiger partial charge in [-0.25, -0.2) is 4.98 Å². The zero-order chi connectivity index (χ0) is 19.8. The van der Waals surface area contributed by atoms with E-state index in [1.807, 2.05) is 47.9 Å². The van der Waals surface area contributed by atoms with E-state index in [-0.39, 0.29) is 0 Å². The Labute approximate surface area is 167 Å². The Morgan fingerprint density at radius 2 is 2.14 bits per heavy atom. The van der Waals surface area contributed by atoms with Gasteiger partial charge in [-0.15, -0.1) is 6.42 Å². The largest absolute Gasteiger partial charge is 0.332 e. The molecule has 0 fully saturated rings. The van der Waals surface area contributed by atoms with Crippen LogP contribution < -0.4 is 0 Å². The Kier molecular flexibility index (Phi) is 4.03. The molecule has 0 saturated heterocycles. The number of pyridine rings is 1. The van der Waals surface area contributed by atoms with Crippen molar-refractivity contribution in [1.82, 2.24) is 24.7 Å². The first-order valence-electron chi connectivity index (χ1n) is 9.25. The molecule has 4 aromatic rings. The number of hydrogen-bond acceptors (Lipinski definition) is 6. The van der Waals surface area contributed by atoms with Crippen molar-refractivity contribution in [3.63, 3.8) is 0 Å². The third kappa shape index (κ3) is 2.82. The van der Waals surface area contributed by atoms with Crippen LogP contribution in [0.25, 0.3) is 17.3 Å². The van der Waals surface area contributed by atoms with E-state index in [0.717, 1.165) is 33.9 Å². The van der Waals surface area contributed by atoms with Crippen molar-refractivity contribution in [1.29, 1.82) is 0 Å². The van der Waals surface area contributed by atoms with Crippen LogP contribution in [0.15, 0.2) is 58.4 Å². The Morgan fingerprint density at radius 3 is 2.90 bits per heavy atom. The van der Waals surface area contributed by atoms with Crippen LogP contribution >= 0.6 is 0 Å². The normalized spacial score (nSPS) is 12.5. The lowest BCUT2D eigenvalue weighted by atomic mass is 10.0. The number of hydrogen-bond donors (Lipinski definition) is 0. The van der Waals surface area contributed by atoms with Gasteiger partial charge in [-0.1, -0.05) is 24.1 Å². The molecule has 4 heterocycles. The van der Waals surface area contributed by atoms with Gasteiger partial charge >= 0.3 is 0 Å². The van der Waals surface area contributed by atoms with Crippen LogP contribution in [-0.2, 0) is 13.0 Å². The van der Waals surface area contributed by atoms with Crippen molar-refractivity contribution in [2.24, 2.45) is 4.99 Å². The number of terminal acetylenes is 1. The van der Waals surface area contributed by atoms with E-state index in [1.165, 1.54) is 0 Å². The molecular formula is C22H16N6O. The van der Waals surface area contributed by atoms with E-state index >= 15 is 0 Å².